The van der Waals surface area contributed by atoms with Gasteiger partial charge in [-0.2, -0.15) is 0 Å². The van der Waals surface area contributed by atoms with E-state index in [-0.39, 0.29) is 28.5 Å². The number of benzene rings is 1. The minimum Gasteiger partial charge on any atom is -0.349 e. The molecule has 0 radical (unpaired) electrons. The molecule has 1 saturated carbocycles. The largest absolute Gasteiger partial charge is 0.349 e. The van der Waals surface area contributed by atoms with E-state index < -0.39 is 0 Å². The normalized spacial score (nSPS) is 20.8. The van der Waals surface area contributed by atoms with Crippen molar-refractivity contribution < 1.29 is 4.79 Å². The average Bonchev–Trinajstić information content (AvgIpc) is 2.69. The van der Waals surface area contributed by atoms with Crippen LogP contribution in [0.2, 0.25) is 0 Å². The van der Waals surface area contributed by atoms with Gasteiger partial charge in [-0.25, -0.2) is 4.98 Å². The maximum Gasteiger partial charge on any atom is 0.265 e. The van der Waals surface area contributed by atoms with Crippen LogP contribution in [0, 0.1) is 11.3 Å². The molecule has 2 heterocycles. The molecule has 30 heavy (non-hydrogen) atoms. The van der Waals surface area contributed by atoms with Crippen molar-refractivity contribution in [1.29, 1.82) is 0 Å². The van der Waals surface area contributed by atoms with Crippen molar-refractivity contribution in [3.05, 3.63) is 76.2 Å². The van der Waals surface area contributed by atoms with Crippen molar-refractivity contribution in [2.24, 2.45) is 11.3 Å². The molecule has 1 N–H and O–H groups in total. The Morgan fingerprint density at radius 3 is 2.67 bits per heavy atom. The Labute approximate surface area is 177 Å². The minimum absolute atomic E-state index is 0.0859. The van der Waals surface area contributed by atoms with Crippen molar-refractivity contribution in [3.8, 4) is 0 Å². The summed E-state index contributed by atoms with van der Waals surface area (Å²) in [6, 6.07) is 15.3. The van der Waals surface area contributed by atoms with Crippen LogP contribution in [0.5, 0.6) is 0 Å². The lowest BCUT2D eigenvalue weighted by atomic mass is 9.70. The zero-order valence-corrected chi connectivity index (χ0v) is 17.9. The summed E-state index contributed by atoms with van der Waals surface area (Å²) in [5.41, 5.74) is 1.66. The molecule has 4 rings (SSSR count). The van der Waals surface area contributed by atoms with Crippen molar-refractivity contribution in [2.45, 2.75) is 52.6 Å². The Morgan fingerprint density at radius 2 is 1.93 bits per heavy atom. The van der Waals surface area contributed by atoms with E-state index >= 15 is 0 Å². The van der Waals surface area contributed by atoms with Gasteiger partial charge >= 0.3 is 0 Å². The van der Waals surface area contributed by atoms with E-state index in [0.717, 1.165) is 30.2 Å². The summed E-state index contributed by atoms with van der Waals surface area (Å²) in [6.07, 6.45) is 4.71. The maximum absolute atomic E-state index is 13.3. The number of carbonyl (C=O) groups is 1. The van der Waals surface area contributed by atoms with E-state index in [1.54, 1.807) is 16.8 Å². The third-order valence-corrected chi connectivity index (χ3v) is 6.00. The van der Waals surface area contributed by atoms with E-state index in [9.17, 15) is 9.59 Å². The van der Waals surface area contributed by atoms with Crippen LogP contribution in [-0.4, -0.2) is 21.5 Å². The number of hydrogen-bond donors (Lipinski definition) is 1. The van der Waals surface area contributed by atoms with Gasteiger partial charge in [-0.1, -0.05) is 51.1 Å². The highest BCUT2D eigenvalue weighted by molar-refractivity contribution is 5.97. The van der Waals surface area contributed by atoms with Crippen LogP contribution in [0.25, 0.3) is 11.0 Å². The van der Waals surface area contributed by atoms with Crippen LogP contribution in [0.3, 0.4) is 0 Å². The number of hydrogen-bond acceptors (Lipinski definition) is 3. The number of amides is 1. The number of rotatable bonds is 4. The molecule has 0 saturated heterocycles. The van der Waals surface area contributed by atoms with Gasteiger partial charge in [0.2, 0.25) is 0 Å². The number of carbonyl (C=O) groups excluding carboxylic acids is 1. The van der Waals surface area contributed by atoms with Crippen LogP contribution in [0.15, 0.2) is 59.5 Å². The molecular formula is C25H29N3O2. The number of fused-ring (bicyclic) bond motifs is 1. The second kappa shape index (κ2) is 8.05. The Kier molecular flexibility index (Phi) is 5.46. The van der Waals surface area contributed by atoms with Gasteiger partial charge in [0, 0.05) is 17.6 Å². The van der Waals surface area contributed by atoms with Crippen molar-refractivity contribution in [2.75, 3.05) is 0 Å². The van der Waals surface area contributed by atoms with Crippen LogP contribution in [-0.2, 0) is 6.54 Å². The van der Waals surface area contributed by atoms with Crippen LogP contribution >= 0.6 is 0 Å². The summed E-state index contributed by atoms with van der Waals surface area (Å²) in [7, 11) is 0. The summed E-state index contributed by atoms with van der Waals surface area (Å²) in [6.45, 7) is 7.10. The summed E-state index contributed by atoms with van der Waals surface area (Å²) in [5.74, 6) is 0.261. The number of aromatic nitrogens is 2. The van der Waals surface area contributed by atoms with Gasteiger partial charge in [0.05, 0.1) is 6.54 Å². The molecule has 1 amide bonds. The molecule has 2 atom stereocenters. The van der Waals surface area contributed by atoms with Gasteiger partial charge in [0.1, 0.15) is 11.2 Å². The van der Waals surface area contributed by atoms with E-state index in [0.29, 0.717) is 18.1 Å². The predicted molar refractivity (Wildman–Crippen MR) is 120 cm³/mol. The lowest BCUT2D eigenvalue weighted by Crippen LogP contribution is -2.44. The first-order valence-corrected chi connectivity index (χ1v) is 10.7. The van der Waals surface area contributed by atoms with Gasteiger partial charge in [-0.3, -0.25) is 14.2 Å². The third-order valence-electron chi connectivity index (χ3n) is 6.00. The predicted octanol–water partition coefficient (Wildman–Crippen LogP) is 4.39. The third kappa shape index (κ3) is 4.30. The maximum atomic E-state index is 13.3. The first-order valence-electron chi connectivity index (χ1n) is 10.7. The molecule has 5 nitrogen and oxygen atoms in total. The van der Waals surface area contributed by atoms with E-state index in [4.69, 9.17) is 0 Å². The topological polar surface area (TPSA) is 64.0 Å². The van der Waals surface area contributed by atoms with Crippen LogP contribution in [0.4, 0.5) is 0 Å². The molecular weight excluding hydrogens is 374 g/mol. The highest BCUT2D eigenvalue weighted by Crippen LogP contribution is 2.38. The minimum atomic E-state index is -0.300. The Morgan fingerprint density at radius 1 is 1.17 bits per heavy atom. The van der Waals surface area contributed by atoms with Crippen molar-refractivity contribution in [3.63, 3.8) is 0 Å². The first-order chi connectivity index (χ1) is 14.3. The summed E-state index contributed by atoms with van der Waals surface area (Å²) in [4.78, 5) is 30.9. The van der Waals surface area contributed by atoms with Crippen molar-refractivity contribution in [1.82, 2.24) is 14.9 Å². The highest BCUT2D eigenvalue weighted by Gasteiger charge is 2.33. The molecule has 1 aliphatic rings. The fraction of sp³-hybridized carbons (Fsp3) is 0.400. The zero-order chi connectivity index (χ0) is 21.3. The molecule has 1 aromatic carbocycles. The number of nitrogens with one attached hydrogen (secondary N) is 1. The second-order valence-electron chi connectivity index (χ2n) is 9.43. The Balaban J connectivity index is 1.69. The van der Waals surface area contributed by atoms with Gasteiger partial charge in [-0.05, 0) is 54.4 Å². The van der Waals surface area contributed by atoms with E-state index in [1.165, 1.54) is 0 Å². The summed E-state index contributed by atoms with van der Waals surface area (Å²) in [5, 5.41) is 3.93. The van der Waals surface area contributed by atoms with Gasteiger partial charge in [0.25, 0.3) is 11.5 Å². The quantitative estimate of drug-likeness (QED) is 0.703. The molecule has 0 aliphatic heterocycles. The van der Waals surface area contributed by atoms with E-state index in [1.807, 2.05) is 42.5 Å². The Bertz CT molecular complexity index is 1120. The lowest BCUT2D eigenvalue weighted by Gasteiger charge is -2.39. The molecule has 0 spiro atoms. The highest BCUT2D eigenvalue weighted by atomic mass is 16.2. The lowest BCUT2D eigenvalue weighted by molar-refractivity contribution is 0.0872. The molecule has 3 aromatic rings. The smallest absolute Gasteiger partial charge is 0.265 e. The monoisotopic (exact) mass is 403 g/mol. The average molecular weight is 404 g/mol. The van der Waals surface area contributed by atoms with E-state index in [2.05, 4.69) is 31.1 Å². The fourth-order valence-electron chi connectivity index (χ4n) is 5.00. The SMILES string of the molecule is CC1CC(NC(=O)c2cc3cccnc3n(Cc3ccccc3)c2=O)CC(C)(C)C1. The summed E-state index contributed by atoms with van der Waals surface area (Å²) >= 11 is 0. The van der Waals surface area contributed by atoms with Gasteiger partial charge in [0.15, 0.2) is 0 Å². The van der Waals surface area contributed by atoms with Gasteiger partial charge in [-0.15, -0.1) is 0 Å². The molecule has 5 heteroatoms. The second-order valence-corrected chi connectivity index (χ2v) is 9.43. The molecule has 156 valence electrons. The Hall–Kier alpha value is -2.95. The van der Waals surface area contributed by atoms with Crippen LogP contribution in [0.1, 0.15) is 56.0 Å². The molecule has 2 unspecified atom stereocenters. The first kappa shape index (κ1) is 20.3. The van der Waals surface area contributed by atoms with Crippen LogP contribution < -0.4 is 10.9 Å². The molecule has 1 aliphatic carbocycles. The van der Waals surface area contributed by atoms with Gasteiger partial charge < -0.3 is 5.32 Å². The zero-order valence-electron chi connectivity index (χ0n) is 17.9. The van der Waals surface area contributed by atoms with Crippen molar-refractivity contribution >= 4 is 16.9 Å². The fourth-order valence-corrected chi connectivity index (χ4v) is 5.00. The molecule has 0 bridgehead atoms. The number of pyridine rings is 2. The number of nitrogens with zero attached hydrogens (tertiary/aromatic N) is 2. The summed E-state index contributed by atoms with van der Waals surface area (Å²) < 4.78 is 1.60. The molecule has 1 fully saturated rings. The standard InChI is InChI=1S/C25H29N3O2/c1-17-12-20(15-25(2,3)14-17)27-23(29)21-13-19-10-7-11-26-22(19)28(24(21)30)16-18-8-5-4-6-9-18/h4-11,13,17,20H,12,14-16H2,1-3H3,(H,27,29). The molecule has 2 aromatic heterocycles.